The second-order valence-corrected chi connectivity index (χ2v) is 6.32. The summed E-state index contributed by atoms with van der Waals surface area (Å²) in [5.74, 6) is -1.58. The van der Waals surface area contributed by atoms with Crippen LogP contribution in [0.1, 0.15) is 18.1 Å². The molecular weight excluding hydrogens is 376 g/mol. The Bertz CT molecular complexity index is 979. The third-order valence-electron chi connectivity index (χ3n) is 4.09. The van der Waals surface area contributed by atoms with Crippen molar-refractivity contribution >= 4 is 35.4 Å². The van der Waals surface area contributed by atoms with Crippen LogP contribution in [-0.4, -0.2) is 28.1 Å². The molecule has 1 fully saturated rings. The summed E-state index contributed by atoms with van der Waals surface area (Å²) in [7, 11) is 0. The van der Waals surface area contributed by atoms with Gasteiger partial charge in [0.1, 0.15) is 5.54 Å². The first-order valence-corrected chi connectivity index (χ1v) is 8.03. The lowest BCUT2D eigenvalue weighted by atomic mass is 9.92. The van der Waals surface area contributed by atoms with Gasteiger partial charge in [-0.15, -0.1) is 5.01 Å². The number of urea groups is 1. The molecule has 2 aromatic carbocycles. The molecule has 0 aliphatic carbocycles. The number of hydrazone groups is 1. The Hall–Kier alpha value is -3.46. The van der Waals surface area contributed by atoms with Crippen molar-refractivity contribution in [2.45, 2.75) is 12.5 Å². The number of rotatable bonds is 4. The van der Waals surface area contributed by atoms with Crippen LogP contribution in [0.2, 0.25) is 5.02 Å². The first kappa shape index (κ1) is 18.3. The smallest absolute Gasteiger partial charge is 0.346 e. The number of hydrogen-bond acceptors (Lipinski definition) is 6. The monoisotopic (exact) mass is 387 g/mol. The molecule has 1 atom stereocenters. The van der Waals surface area contributed by atoms with Crippen molar-refractivity contribution in [3.8, 4) is 5.75 Å². The van der Waals surface area contributed by atoms with Crippen LogP contribution >= 0.6 is 11.6 Å². The Labute approximate surface area is 158 Å². The van der Waals surface area contributed by atoms with Gasteiger partial charge in [0.25, 0.3) is 11.6 Å². The third kappa shape index (κ3) is 3.20. The summed E-state index contributed by atoms with van der Waals surface area (Å²) in [5, 5.41) is 29.8. The molecule has 138 valence electrons. The Morgan fingerprint density at radius 3 is 2.56 bits per heavy atom. The summed E-state index contributed by atoms with van der Waals surface area (Å²) in [4.78, 5) is 34.9. The number of benzene rings is 2. The first-order valence-electron chi connectivity index (χ1n) is 7.65. The number of hydrogen-bond donors (Lipinski definition) is 1. The number of carbonyl (C=O) groups excluding carboxylic acids is 2. The lowest BCUT2D eigenvalue weighted by molar-refractivity contribution is -0.398. The molecule has 0 aromatic heterocycles. The van der Waals surface area contributed by atoms with Crippen molar-refractivity contribution in [3.05, 3.63) is 68.7 Å². The summed E-state index contributed by atoms with van der Waals surface area (Å²) in [6, 6.07) is 9.87. The zero-order chi connectivity index (χ0) is 19.8. The van der Waals surface area contributed by atoms with Crippen LogP contribution in [0.5, 0.6) is 5.75 Å². The van der Waals surface area contributed by atoms with E-state index in [9.17, 15) is 24.8 Å². The molecule has 2 aromatic rings. The minimum absolute atomic E-state index is 0.0472. The molecule has 0 spiro atoms. The Kier molecular flexibility index (Phi) is 4.54. The number of carbonyl (C=O) groups is 2. The topological polar surface area (TPSA) is 128 Å². The SMILES string of the molecule is C[C@@]1(c2ccccc2)NC(=O)N(/N=C\c2cc(Cl)cc([N+](=O)[O-])c2[O-])C1=O. The number of nitro groups is 1. The van der Waals surface area contributed by atoms with Crippen molar-refractivity contribution in [2.75, 3.05) is 0 Å². The van der Waals surface area contributed by atoms with Crippen molar-refractivity contribution in [1.29, 1.82) is 0 Å². The van der Waals surface area contributed by atoms with E-state index in [1.54, 1.807) is 30.3 Å². The normalized spacial score (nSPS) is 19.6. The molecule has 0 saturated carbocycles. The summed E-state index contributed by atoms with van der Waals surface area (Å²) in [6.45, 7) is 1.53. The van der Waals surface area contributed by atoms with Crippen molar-refractivity contribution in [1.82, 2.24) is 10.3 Å². The Morgan fingerprint density at radius 2 is 1.93 bits per heavy atom. The predicted molar refractivity (Wildman–Crippen MR) is 94.3 cm³/mol. The fourth-order valence-corrected chi connectivity index (χ4v) is 2.87. The molecule has 9 nitrogen and oxygen atoms in total. The quantitative estimate of drug-likeness (QED) is 0.372. The number of nitrogens with zero attached hydrogens (tertiary/aromatic N) is 3. The summed E-state index contributed by atoms with van der Waals surface area (Å²) in [5.41, 5.74) is -1.71. The summed E-state index contributed by atoms with van der Waals surface area (Å²) >= 11 is 5.78. The zero-order valence-corrected chi connectivity index (χ0v) is 14.6. The Balaban J connectivity index is 1.94. The number of nitro benzene ring substituents is 1. The molecule has 0 unspecified atom stereocenters. The van der Waals surface area contributed by atoms with E-state index in [4.69, 9.17) is 11.6 Å². The average Bonchev–Trinajstić information content (AvgIpc) is 2.86. The molecule has 1 N–H and O–H groups in total. The van der Waals surface area contributed by atoms with Gasteiger partial charge in [-0.2, -0.15) is 5.10 Å². The number of amides is 3. The maximum absolute atomic E-state index is 12.7. The molecule has 1 saturated heterocycles. The van der Waals surface area contributed by atoms with Gasteiger partial charge in [-0.05, 0) is 29.9 Å². The highest BCUT2D eigenvalue weighted by Crippen LogP contribution is 2.31. The van der Waals surface area contributed by atoms with Crippen LogP contribution in [0.3, 0.4) is 0 Å². The molecule has 1 heterocycles. The van der Waals surface area contributed by atoms with Gasteiger partial charge in [0.05, 0.1) is 11.1 Å². The van der Waals surface area contributed by atoms with E-state index in [1.165, 1.54) is 6.92 Å². The van der Waals surface area contributed by atoms with Crippen molar-refractivity contribution < 1.29 is 19.6 Å². The van der Waals surface area contributed by atoms with Crippen LogP contribution in [0, 0.1) is 10.1 Å². The zero-order valence-electron chi connectivity index (χ0n) is 13.9. The molecule has 1 aliphatic heterocycles. The van der Waals surface area contributed by atoms with Gasteiger partial charge < -0.3 is 10.4 Å². The number of nitrogens with one attached hydrogen (secondary N) is 1. The number of imide groups is 1. The standard InChI is InChI=1S/C17H13ClN4O5/c1-17(11-5-3-2-4-6-11)15(24)21(16(25)20-17)19-9-10-7-12(18)8-13(14(10)23)22(26)27/h2-9,23H,1H3,(H,20,25)/p-1/b19-9-/t17-/m0/s1. The predicted octanol–water partition coefficient (Wildman–Crippen LogP) is 2.12. The maximum Gasteiger partial charge on any atom is 0.346 e. The van der Waals surface area contributed by atoms with Gasteiger partial charge in [0.2, 0.25) is 0 Å². The van der Waals surface area contributed by atoms with Crippen LogP contribution in [0.15, 0.2) is 47.6 Å². The van der Waals surface area contributed by atoms with Crippen molar-refractivity contribution in [3.63, 3.8) is 0 Å². The van der Waals surface area contributed by atoms with Crippen LogP contribution in [-0.2, 0) is 10.3 Å². The van der Waals surface area contributed by atoms with Gasteiger partial charge in [-0.3, -0.25) is 14.9 Å². The summed E-state index contributed by atoms with van der Waals surface area (Å²) < 4.78 is 0. The molecular formula is C17H12ClN4O5-. The highest BCUT2D eigenvalue weighted by atomic mass is 35.5. The van der Waals surface area contributed by atoms with Crippen LogP contribution in [0.25, 0.3) is 0 Å². The first-order chi connectivity index (χ1) is 12.7. The molecule has 1 aliphatic rings. The lowest BCUT2D eigenvalue weighted by Crippen LogP contribution is -2.40. The highest BCUT2D eigenvalue weighted by Gasteiger charge is 2.49. The average molecular weight is 388 g/mol. The van der Waals surface area contributed by atoms with Gasteiger partial charge in [0, 0.05) is 11.1 Å². The third-order valence-corrected chi connectivity index (χ3v) is 4.31. The minimum atomic E-state index is -1.32. The largest absolute Gasteiger partial charge is 0.867 e. The molecule has 3 amide bonds. The lowest BCUT2D eigenvalue weighted by Gasteiger charge is -2.21. The van der Waals surface area contributed by atoms with E-state index in [1.807, 2.05) is 0 Å². The molecule has 27 heavy (non-hydrogen) atoms. The van der Waals surface area contributed by atoms with E-state index in [2.05, 4.69) is 10.4 Å². The van der Waals surface area contributed by atoms with Gasteiger partial charge in [-0.1, -0.05) is 41.9 Å². The van der Waals surface area contributed by atoms with E-state index in [-0.39, 0.29) is 10.6 Å². The fourth-order valence-electron chi connectivity index (χ4n) is 2.65. The van der Waals surface area contributed by atoms with E-state index in [0.717, 1.165) is 18.3 Å². The molecule has 0 radical (unpaired) electrons. The van der Waals surface area contributed by atoms with Crippen molar-refractivity contribution in [2.24, 2.45) is 5.10 Å². The maximum atomic E-state index is 12.7. The van der Waals surface area contributed by atoms with Gasteiger partial charge >= 0.3 is 6.03 Å². The fraction of sp³-hybridized carbons (Fsp3) is 0.118. The second kappa shape index (κ2) is 6.69. The highest BCUT2D eigenvalue weighted by molar-refractivity contribution is 6.31. The molecule has 10 heteroatoms. The molecule has 3 rings (SSSR count). The van der Waals surface area contributed by atoms with Gasteiger partial charge in [-0.25, -0.2) is 4.79 Å². The molecule has 0 bridgehead atoms. The van der Waals surface area contributed by atoms with E-state index < -0.39 is 33.8 Å². The number of halogens is 1. The van der Waals surface area contributed by atoms with E-state index >= 15 is 0 Å². The van der Waals surface area contributed by atoms with E-state index in [0.29, 0.717) is 10.6 Å². The van der Waals surface area contributed by atoms with Crippen LogP contribution in [0.4, 0.5) is 10.5 Å². The van der Waals surface area contributed by atoms with Crippen LogP contribution < -0.4 is 10.4 Å². The summed E-state index contributed by atoms with van der Waals surface area (Å²) in [6.07, 6.45) is 0.898. The van der Waals surface area contributed by atoms with Gasteiger partial charge in [0.15, 0.2) is 0 Å². The second-order valence-electron chi connectivity index (χ2n) is 5.88. The minimum Gasteiger partial charge on any atom is -0.867 e. The Morgan fingerprint density at radius 1 is 1.26 bits per heavy atom.